The van der Waals surface area contributed by atoms with Crippen molar-refractivity contribution in [2.24, 2.45) is 5.92 Å². The molecule has 0 saturated carbocycles. The molecule has 2 heterocycles. The zero-order chi connectivity index (χ0) is 15.7. The number of benzene rings is 1. The first kappa shape index (κ1) is 14.6. The quantitative estimate of drug-likeness (QED) is 0.786. The molecular formula is C17H21N3O2. The van der Waals surface area contributed by atoms with E-state index in [1.807, 2.05) is 25.1 Å². The summed E-state index contributed by atoms with van der Waals surface area (Å²) in [4.78, 5) is 20.3. The summed E-state index contributed by atoms with van der Waals surface area (Å²) in [5.74, 6) is 1.35. The molecule has 0 radical (unpaired) electrons. The third-order valence-corrected chi connectivity index (χ3v) is 3.80. The molecule has 0 saturated heterocycles. The molecule has 5 nitrogen and oxygen atoms in total. The van der Waals surface area contributed by atoms with Gasteiger partial charge in [0, 0.05) is 17.4 Å². The Hall–Kier alpha value is -2.30. The number of hydrogen-bond donors (Lipinski definition) is 1. The van der Waals surface area contributed by atoms with Crippen LogP contribution < -0.4 is 10.3 Å². The van der Waals surface area contributed by atoms with E-state index in [-0.39, 0.29) is 5.56 Å². The summed E-state index contributed by atoms with van der Waals surface area (Å²) in [7, 11) is 0. The number of hydrogen-bond acceptors (Lipinski definition) is 3. The maximum absolute atomic E-state index is 12.6. The van der Waals surface area contributed by atoms with Gasteiger partial charge in [-0.2, -0.15) is 0 Å². The fraction of sp³-hybridized carbons (Fsp3) is 0.412. The summed E-state index contributed by atoms with van der Waals surface area (Å²) in [6, 6.07) is 5.76. The van der Waals surface area contributed by atoms with E-state index in [1.54, 1.807) is 10.9 Å². The van der Waals surface area contributed by atoms with Crippen LogP contribution in [0.4, 0.5) is 0 Å². The number of ether oxygens (including phenoxy) is 1. The lowest BCUT2D eigenvalue weighted by Gasteiger charge is -2.07. The molecule has 3 rings (SSSR count). The number of aromatic amines is 1. The largest absolute Gasteiger partial charge is 0.494 e. The van der Waals surface area contributed by atoms with E-state index >= 15 is 0 Å². The fourth-order valence-electron chi connectivity index (χ4n) is 2.58. The van der Waals surface area contributed by atoms with Crippen molar-refractivity contribution in [1.82, 2.24) is 14.5 Å². The summed E-state index contributed by atoms with van der Waals surface area (Å²) in [5.41, 5.74) is 2.17. The van der Waals surface area contributed by atoms with Gasteiger partial charge < -0.3 is 9.72 Å². The molecule has 0 spiro atoms. The second-order valence-electron chi connectivity index (χ2n) is 5.91. The summed E-state index contributed by atoms with van der Waals surface area (Å²) < 4.78 is 7.21. The van der Waals surface area contributed by atoms with Crippen molar-refractivity contribution >= 4 is 21.9 Å². The van der Waals surface area contributed by atoms with Gasteiger partial charge in [0.1, 0.15) is 16.8 Å². The smallest absolute Gasteiger partial charge is 0.277 e. The number of aromatic nitrogens is 3. The van der Waals surface area contributed by atoms with Gasteiger partial charge >= 0.3 is 0 Å². The van der Waals surface area contributed by atoms with Crippen LogP contribution in [-0.2, 0) is 6.54 Å². The molecule has 0 amide bonds. The van der Waals surface area contributed by atoms with Crippen molar-refractivity contribution < 1.29 is 4.74 Å². The number of nitrogens with one attached hydrogen (secondary N) is 1. The molecule has 1 aromatic carbocycles. The number of nitrogens with zero attached hydrogens (tertiary/aromatic N) is 2. The molecule has 22 heavy (non-hydrogen) atoms. The Balaban J connectivity index is 2.11. The van der Waals surface area contributed by atoms with E-state index < -0.39 is 0 Å². The van der Waals surface area contributed by atoms with Gasteiger partial charge in [-0.1, -0.05) is 13.8 Å². The summed E-state index contributed by atoms with van der Waals surface area (Å²) in [5, 5.41) is 0.925. The van der Waals surface area contributed by atoms with Gasteiger partial charge in [0.2, 0.25) is 0 Å². The molecule has 0 aliphatic heterocycles. The average Bonchev–Trinajstić information content (AvgIpc) is 2.86. The van der Waals surface area contributed by atoms with E-state index in [1.165, 1.54) is 0 Å². The van der Waals surface area contributed by atoms with E-state index in [9.17, 15) is 4.79 Å². The molecule has 1 N–H and O–H groups in total. The van der Waals surface area contributed by atoms with Crippen molar-refractivity contribution in [3.63, 3.8) is 0 Å². The van der Waals surface area contributed by atoms with Crippen LogP contribution in [0.25, 0.3) is 21.9 Å². The minimum Gasteiger partial charge on any atom is -0.494 e. The highest BCUT2D eigenvalue weighted by Gasteiger charge is 2.12. The molecule has 0 atom stereocenters. The Bertz CT molecular complexity index is 861. The predicted octanol–water partition coefficient (Wildman–Crippen LogP) is 3.32. The predicted molar refractivity (Wildman–Crippen MR) is 88.5 cm³/mol. The topological polar surface area (TPSA) is 59.9 Å². The maximum atomic E-state index is 12.6. The number of aryl methyl sites for hydroxylation is 1. The Kier molecular flexibility index (Phi) is 3.88. The summed E-state index contributed by atoms with van der Waals surface area (Å²) in [6.45, 7) is 7.55. The van der Waals surface area contributed by atoms with E-state index in [4.69, 9.17) is 4.74 Å². The number of rotatable bonds is 5. The minimum atomic E-state index is -0.0141. The van der Waals surface area contributed by atoms with Crippen molar-refractivity contribution in [3.05, 3.63) is 34.9 Å². The van der Waals surface area contributed by atoms with Crippen molar-refractivity contribution in [2.75, 3.05) is 6.61 Å². The lowest BCUT2D eigenvalue weighted by Crippen LogP contribution is -2.21. The normalized spacial score (nSPS) is 11.6. The van der Waals surface area contributed by atoms with Gasteiger partial charge in [-0.05, 0) is 37.5 Å². The van der Waals surface area contributed by atoms with Gasteiger partial charge in [-0.3, -0.25) is 9.36 Å². The Morgan fingerprint density at radius 3 is 2.91 bits per heavy atom. The Morgan fingerprint density at radius 1 is 1.36 bits per heavy atom. The highest BCUT2D eigenvalue weighted by molar-refractivity contribution is 6.04. The van der Waals surface area contributed by atoms with E-state index in [0.29, 0.717) is 30.1 Å². The third kappa shape index (κ3) is 2.58. The molecule has 2 aromatic heterocycles. The van der Waals surface area contributed by atoms with Crippen LogP contribution in [0.1, 0.15) is 27.2 Å². The molecule has 5 heteroatoms. The number of H-pyrrole nitrogens is 1. The van der Waals surface area contributed by atoms with Crippen LogP contribution in [0, 0.1) is 5.92 Å². The molecule has 0 bridgehead atoms. The van der Waals surface area contributed by atoms with Crippen molar-refractivity contribution in [1.29, 1.82) is 0 Å². The van der Waals surface area contributed by atoms with E-state index in [2.05, 4.69) is 23.8 Å². The Labute approximate surface area is 128 Å². The lowest BCUT2D eigenvalue weighted by molar-refractivity contribution is 0.341. The zero-order valence-corrected chi connectivity index (χ0v) is 13.2. The zero-order valence-electron chi connectivity index (χ0n) is 13.2. The molecule has 0 aliphatic rings. The second kappa shape index (κ2) is 5.83. The first-order valence-corrected chi connectivity index (χ1v) is 7.73. The van der Waals surface area contributed by atoms with Crippen molar-refractivity contribution in [2.45, 2.75) is 33.7 Å². The molecule has 0 aliphatic carbocycles. The molecular weight excluding hydrogens is 278 g/mol. The monoisotopic (exact) mass is 299 g/mol. The van der Waals surface area contributed by atoms with Gasteiger partial charge in [0.25, 0.3) is 5.56 Å². The second-order valence-corrected chi connectivity index (χ2v) is 5.91. The molecule has 3 aromatic rings. The molecule has 0 fully saturated rings. The van der Waals surface area contributed by atoms with Gasteiger partial charge in [-0.15, -0.1) is 0 Å². The SMILES string of the molecule is CCOc1ccc2[nH]c3c(=O)n(CCC(C)C)cnc3c2c1. The minimum absolute atomic E-state index is 0.0141. The summed E-state index contributed by atoms with van der Waals surface area (Å²) >= 11 is 0. The highest BCUT2D eigenvalue weighted by atomic mass is 16.5. The first-order valence-electron chi connectivity index (χ1n) is 7.73. The standard InChI is InChI=1S/C17H21N3O2/c1-4-22-12-5-6-14-13(9-12)15-16(19-14)17(21)20(10-18-15)8-7-11(2)3/h5-6,9-11,19H,4,7-8H2,1-3H3. The van der Waals surface area contributed by atoms with Gasteiger partial charge in [-0.25, -0.2) is 4.98 Å². The average molecular weight is 299 g/mol. The number of fused-ring (bicyclic) bond motifs is 3. The van der Waals surface area contributed by atoms with Crippen LogP contribution in [0.2, 0.25) is 0 Å². The van der Waals surface area contributed by atoms with Crippen LogP contribution in [-0.4, -0.2) is 21.1 Å². The third-order valence-electron chi connectivity index (χ3n) is 3.80. The first-order chi connectivity index (χ1) is 10.6. The van der Waals surface area contributed by atoms with Crippen molar-refractivity contribution in [3.8, 4) is 5.75 Å². The van der Waals surface area contributed by atoms with Crippen LogP contribution >= 0.6 is 0 Å². The van der Waals surface area contributed by atoms with Crippen LogP contribution in [0.15, 0.2) is 29.3 Å². The maximum Gasteiger partial charge on any atom is 0.277 e. The Morgan fingerprint density at radius 2 is 2.18 bits per heavy atom. The molecule has 0 unspecified atom stereocenters. The van der Waals surface area contributed by atoms with E-state index in [0.717, 1.165) is 23.1 Å². The van der Waals surface area contributed by atoms with Crippen LogP contribution in [0.5, 0.6) is 5.75 Å². The van der Waals surface area contributed by atoms with Crippen LogP contribution in [0.3, 0.4) is 0 Å². The lowest BCUT2D eigenvalue weighted by atomic mass is 10.1. The molecule has 116 valence electrons. The highest BCUT2D eigenvalue weighted by Crippen LogP contribution is 2.25. The van der Waals surface area contributed by atoms with Gasteiger partial charge in [0.05, 0.1) is 12.9 Å². The fourth-order valence-corrected chi connectivity index (χ4v) is 2.58. The van der Waals surface area contributed by atoms with Gasteiger partial charge in [0.15, 0.2) is 0 Å². The summed E-state index contributed by atoms with van der Waals surface area (Å²) in [6.07, 6.45) is 2.61.